The minimum atomic E-state index is -0.149. The molecule has 134 valence electrons. The van der Waals surface area contributed by atoms with Crippen LogP contribution in [-0.2, 0) is 0 Å². The van der Waals surface area contributed by atoms with E-state index in [2.05, 4.69) is 15.5 Å². The van der Waals surface area contributed by atoms with E-state index in [0.717, 1.165) is 16.7 Å². The standard InChI is InChI=1S/C21H17N3O3/c1-13-5-6-16(12-14(13)2)19(25)22-17-9-7-15(8-10-17)20-23-24-21(27-20)18-4-3-11-26-18/h3-12H,1-2H3,(H,22,25). The first-order valence-corrected chi connectivity index (χ1v) is 8.46. The Labute approximate surface area is 155 Å². The summed E-state index contributed by atoms with van der Waals surface area (Å²) in [4.78, 5) is 12.4. The van der Waals surface area contributed by atoms with Crippen molar-refractivity contribution in [3.8, 4) is 23.1 Å². The van der Waals surface area contributed by atoms with Gasteiger partial charge in [-0.15, -0.1) is 10.2 Å². The van der Waals surface area contributed by atoms with Crippen molar-refractivity contribution in [2.75, 3.05) is 5.32 Å². The van der Waals surface area contributed by atoms with Gasteiger partial charge in [0.2, 0.25) is 5.89 Å². The molecule has 0 aliphatic carbocycles. The molecule has 0 fully saturated rings. The molecule has 0 saturated carbocycles. The number of carbonyl (C=O) groups is 1. The van der Waals surface area contributed by atoms with Crippen LogP contribution in [0.15, 0.2) is 69.7 Å². The van der Waals surface area contributed by atoms with Crippen molar-refractivity contribution in [2.24, 2.45) is 0 Å². The van der Waals surface area contributed by atoms with E-state index in [1.165, 1.54) is 0 Å². The van der Waals surface area contributed by atoms with Gasteiger partial charge in [-0.2, -0.15) is 0 Å². The second-order valence-corrected chi connectivity index (χ2v) is 6.22. The monoisotopic (exact) mass is 359 g/mol. The molecule has 0 aliphatic rings. The Morgan fingerprint density at radius 1 is 0.926 bits per heavy atom. The van der Waals surface area contributed by atoms with Crippen molar-refractivity contribution >= 4 is 11.6 Å². The molecule has 4 rings (SSSR count). The molecule has 0 saturated heterocycles. The van der Waals surface area contributed by atoms with Gasteiger partial charge in [0, 0.05) is 16.8 Å². The molecule has 0 atom stereocenters. The molecule has 0 unspecified atom stereocenters. The van der Waals surface area contributed by atoms with Crippen molar-refractivity contribution in [3.63, 3.8) is 0 Å². The molecule has 4 aromatic rings. The molecule has 0 radical (unpaired) electrons. The Hall–Kier alpha value is -3.67. The highest BCUT2D eigenvalue weighted by Crippen LogP contribution is 2.25. The van der Waals surface area contributed by atoms with Crippen LogP contribution in [0.5, 0.6) is 0 Å². The van der Waals surface area contributed by atoms with Crippen molar-refractivity contribution in [1.29, 1.82) is 0 Å². The number of benzene rings is 2. The number of carbonyl (C=O) groups excluding carboxylic acids is 1. The predicted octanol–water partition coefficient (Wildman–Crippen LogP) is 4.87. The van der Waals surface area contributed by atoms with Gasteiger partial charge in [0.15, 0.2) is 5.76 Å². The molecular formula is C21H17N3O3. The lowest BCUT2D eigenvalue weighted by molar-refractivity contribution is 0.102. The maximum absolute atomic E-state index is 12.4. The molecule has 2 aromatic heterocycles. The van der Waals surface area contributed by atoms with Crippen molar-refractivity contribution in [3.05, 3.63) is 77.6 Å². The van der Waals surface area contributed by atoms with Crippen LogP contribution >= 0.6 is 0 Å². The van der Waals surface area contributed by atoms with Crippen LogP contribution in [-0.4, -0.2) is 16.1 Å². The van der Waals surface area contributed by atoms with Gasteiger partial charge in [-0.25, -0.2) is 0 Å². The quantitative estimate of drug-likeness (QED) is 0.562. The van der Waals surface area contributed by atoms with Crippen LogP contribution in [0.4, 0.5) is 5.69 Å². The summed E-state index contributed by atoms with van der Waals surface area (Å²) in [5, 5.41) is 10.9. The summed E-state index contributed by atoms with van der Waals surface area (Å²) in [7, 11) is 0. The van der Waals surface area contributed by atoms with Crippen molar-refractivity contribution < 1.29 is 13.6 Å². The lowest BCUT2D eigenvalue weighted by atomic mass is 10.1. The first-order chi connectivity index (χ1) is 13.1. The maximum atomic E-state index is 12.4. The van der Waals surface area contributed by atoms with Gasteiger partial charge in [0.05, 0.1) is 6.26 Å². The zero-order valence-corrected chi connectivity index (χ0v) is 14.9. The molecule has 27 heavy (non-hydrogen) atoms. The van der Waals surface area contributed by atoms with Gasteiger partial charge < -0.3 is 14.2 Å². The normalized spacial score (nSPS) is 10.7. The molecule has 0 aliphatic heterocycles. The fraction of sp³-hybridized carbons (Fsp3) is 0.0952. The number of amides is 1. The predicted molar refractivity (Wildman–Crippen MR) is 101 cm³/mol. The number of anilines is 1. The Balaban J connectivity index is 1.49. The third-order valence-electron chi connectivity index (χ3n) is 4.32. The largest absolute Gasteiger partial charge is 0.459 e. The van der Waals surface area contributed by atoms with Crippen molar-refractivity contribution in [1.82, 2.24) is 10.2 Å². The fourth-order valence-electron chi connectivity index (χ4n) is 2.62. The van der Waals surface area contributed by atoms with E-state index in [-0.39, 0.29) is 5.91 Å². The van der Waals surface area contributed by atoms with Crippen LogP contribution in [0.1, 0.15) is 21.5 Å². The Bertz CT molecular complexity index is 1080. The maximum Gasteiger partial charge on any atom is 0.283 e. The van der Waals surface area contributed by atoms with E-state index < -0.39 is 0 Å². The Kier molecular flexibility index (Phi) is 4.30. The highest BCUT2D eigenvalue weighted by atomic mass is 16.4. The number of hydrogen-bond acceptors (Lipinski definition) is 5. The molecule has 0 spiro atoms. The highest BCUT2D eigenvalue weighted by molar-refractivity contribution is 6.04. The summed E-state index contributed by atoms with van der Waals surface area (Å²) in [6.07, 6.45) is 1.55. The zero-order valence-electron chi connectivity index (χ0n) is 14.9. The zero-order chi connectivity index (χ0) is 18.8. The van der Waals surface area contributed by atoms with Crippen LogP contribution in [0.25, 0.3) is 23.1 Å². The number of hydrogen-bond donors (Lipinski definition) is 1. The molecule has 1 N–H and O–H groups in total. The molecule has 0 bridgehead atoms. The van der Waals surface area contributed by atoms with Gasteiger partial charge in [0.1, 0.15) is 0 Å². The molecule has 2 aromatic carbocycles. The van der Waals surface area contributed by atoms with Crippen LogP contribution in [0, 0.1) is 13.8 Å². The lowest BCUT2D eigenvalue weighted by Gasteiger charge is -2.07. The number of nitrogens with zero attached hydrogens (tertiary/aromatic N) is 2. The van der Waals surface area contributed by atoms with Gasteiger partial charge >= 0.3 is 0 Å². The molecule has 6 heteroatoms. The molecule has 1 amide bonds. The second kappa shape index (κ2) is 6.92. The summed E-state index contributed by atoms with van der Waals surface area (Å²) in [6.45, 7) is 4.01. The Morgan fingerprint density at radius 2 is 1.70 bits per heavy atom. The van der Waals surface area contributed by atoms with Crippen LogP contribution in [0.3, 0.4) is 0 Å². The first-order valence-electron chi connectivity index (χ1n) is 8.46. The summed E-state index contributed by atoms with van der Waals surface area (Å²) in [5.41, 5.74) is 4.31. The van der Waals surface area contributed by atoms with Gasteiger partial charge in [-0.05, 0) is 73.5 Å². The number of aryl methyl sites for hydroxylation is 2. The number of aromatic nitrogens is 2. The van der Waals surface area contributed by atoms with Crippen LogP contribution < -0.4 is 5.32 Å². The third-order valence-corrected chi connectivity index (χ3v) is 4.32. The smallest absolute Gasteiger partial charge is 0.283 e. The molecule has 6 nitrogen and oxygen atoms in total. The van der Waals surface area contributed by atoms with E-state index in [9.17, 15) is 4.79 Å². The van der Waals surface area contributed by atoms with E-state index in [1.807, 2.05) is 44.2 Å². The SMILES string of the molecule is Cc1ccc(C(=O)Nc2ccc(-c3nnc(-c4ccco4)o3)cc2)cc1C. The van der Waals surface area contributed by atoms with Crippen molar-refractivity contribution in [2.45, 2.75) is 13.8 Å². The average molecular weight is 359 g/mol. The number of furan rings is 1. The summed E-state index contributed by atoms with van der Waals surface area (Å²) in [6, 6.07) is 16.4. The molecule has 2 heterocycles. The topological polar surface area (TPSA) is 81.2 Å². The fourth-order valence-corrected chi connectivity index (χ4v) is 2.62. The van der Waals surface area contributed by atoms with E-state index in [1.54, 1.807) is 30.5 Å². The summed E-state index contributed by atoms with van der Waals surface area (Å²) >= 11 is 0. The van der Waals surface area contributed by atoms with Gasteiger partial charge in [-0.3, -0.25) is 4.79 Å². The lowest BCUT2D eigenvalue weighted by Crippen LogP contribution is -2.12. The highest BCUT2D eigenvalue weighted by Gasteiger charge is 2.13. The van der Waals surface area contributed by atoms with E-state index in [4.69, 9.17) is 8.83 Å². The molecular weight excluding hydrogens is 342 g/mol. The van der Waals surface area contributed by atoms with E-state index in [0.29, 0.717) is 28.8 Å². The minimum absolute atomic E-state index is 0.149. The summed E-state index contributed by atoms with van der Waals surface area (Å²) in [5.74, 6) is 1.07. The number of nitrogens with one attached hydrogen (secondary N) is 1. The average Bonchev–Trinajstić information content (AvgIpc) is 3.36. The Morgan fingerprint density at radius 3 is 2.41 bits per heavy atom. The number of rotatable bonds is 4. The summed E-state index contributed by atoms with van der Waals surface area (Å²) < 4.78 is 10.9. The third kappa shape index (κ3) is 3.50. The van der Waals surface area contributed by atoms with E-state index >= 15 is 0 Å². The van der Waals surface area contributed by atoms with Crippen LogP contribution in [0.2, 0.25) is 0 Å². The second-order valence-electron chi connectivity index (χ2n) is 6.22. The first kappa shape index (κ1) is 16.8. The minimum Gasteiger partial charge on any atom is -0.459 e. The van der Waals surface area contributed by atoms with Gasteiger partial charge in [-0.1, -0.05) is 6.07 Å². The van der Waals surface area contributed by atoms with Gasteiger partial charge in [0.25, 0.3) is 11.8 Å².